The second-order valence-corrected chi connectivity index (χ2v) is 17.6. The van der Waals surface area contributed by atoms with E-state index in [4.69, 9.17) is 24.2 Å². The predicted molar refractivity (Wildman–Crippen MR) is 237 cm³/mol. The van der Waals surface area contributed by atoms with Gasteiger partial charge in [-0.05, 0) is 68.2 Å². The molecule has 0 aliphatic carbocycles. The SMILES string of the molecule is CCCCC1Oc2cc(-c3cnc([C@@H]4CCCN4C(=O)[C@@H](NC(=O)OC)C(C)C)[nH]3)ccc2-c2c(F)c3cc(-c4cnc([C@@H]5CCCN5C(=O)[C@@H](NC(=O)OC)C(C)C)[nH]4)ccc3n21. The number of fused-ring (bicyclic) bond motifs is 5. The summed E-state index contributed by atoms with van der Waals surface area (Å²) in [7, 11) is 2.55. The summed E-state index contributed by atoms with van der Waals surface area (Å²) < 4.78 is 35.3. The van der Waals surface area contributed by atoms with E-state index in [0.29, 0.717) is 71.2 Å². The van der Waals surface area contributed by atoms with Crippen molar-refractivity contribution in [3.63, 3.8) is 0 Å². The first-order valence-corrected chi connectivity index (χ1v) is 22.4. The molecule has 1 unspecified atom stereocenters. The average molecular weight is 880 g/mol. The van der Waals surface area contributed by atoms with Crippen molar-refractivity contribution in [3.05, 3.63) is 66.3 Å². The van der Waals surface area contributed by atoms with Gasteiger partial charge in [0, 0.05) is 41.6 Å². The summed E-state index contributed by atoms with van der Waals surface area (Å²) in [6, 6.07) is 9.34. The number of aromatic nitrogens is 5. The number of amides is 4. The molecule has 4 amide bonds. The number of nitrogens with one attached hydrogen (secondary N) is 4. The standard InChI is InChI=1S/C47H58FN9O7/c1-8-9-14-37-57-33-18-16-27(31-23-49-42(51-31)34-12-10-19-55(34)44(58)39(25(2)3)53-46(60)62-6)21-30(33)38(48)41(57)29-17-15-28(22-36(29)64-37)32-24-50-43(52-32)35-13-11-20-56(35)45(59)40(26(4)5)54-47(61)63-7/h15-18,21-26,34-35,37,39-40H,8-14,19-20H2,1-7H3,(H,49,51)(H,50,52)(H,53,60)(H,54,61)/t34-,35-,37?,39-,40-/m0/s1. The van der Waals surface area contributed by atoms with Crippen LogP contribution < -0.4 is 15.4 Å². The van der Waals surface area contributed by atoms with Gasteiger partial charge in [0.25, 0.3) is 0 Å². The van der Waals surface area contributed by atoms with Crippen molar-refractivity contribution >= 4 is 34.9 Å². The van der Waals surface area contributed by atoms with E-state index in [9.17, 15) is 19.2 Å². The number of carbonyl (C=O) groups excluding carboxylic acids is 4. The fourth-order valence-electron chi connectivity index (χ4n) is 9.43. The van der Waals surface area contributed by atoms with Gasteiger partial charge in [-0.2, -0.15) is 0 Å². The molecule has 2 saturated heterocycles. The Balaban J connectivity index is 1.07. The number of aromatic amines is 2. The van der Waals surface area contributed by atoms with Crippen LogP contribution in [0.2, 0.25) is 0 Å². The van der Waals surface area contributed by atoms with Crippen molar-refractivity contribution in [1.29, 1.82) is 0 Å². The summed E-state index contributed by atoms with van der Waals surface area (Å²) in [4.78, 5) is 71.4. The molecule has 3 aromatic heterocycles. The van der Waals surface area contributed by atoms with Crippen LogP contribution >= 0.6 is 0 Å². The normalized spacial score (nSPS) is 19.1. The highest BCUT2D eigenvalue weighted by atomic mass is 19.1. The highest BCUT2D eigenvalue weighted by Gasteiger charge is 2.40. The minimum Gasteiger partial charge on any atom is -0.469 e. The van der Waals surface area contributed by atoms with Crippen LogP contribution in [0, 0.1) is 17.7 Å². The molecule has 5 aromatic rings. The Morgan fingerprint density at radius 2 is 1.34 bits per heavy atom. The van der Waals surface area contributed by atoms with Crippen LogP contribution in [0.25, 0.3) is 44.7 Å². The van der Waals surface area contributed by atoms with E-state index in [0.717, 1.165) is 48.9 Å². The number of halogens is 1. The van der Waals surface area contributed by atoms with E-state index in [1.807, 2.05) is 68.7 Å². The Hall–Kier alpha value is -6.39. The Kier molecular flexibility index (Phi) is 12.7. The summed E-state index contributed by atoms with van der Waals surface area (Å²) in [5.41, 5.74) is 4.78. The lowest BCUT2D eigenvalue weighted by atomic mass is 10.0. The Bertz CT molecular complexity index is 2550. The van der Waals surface area contributed by atoms with Gasteiger partial charge < -0.3 is 49.2 Å². The third kappa shape index (κ3) is 8.27. The van der Waals surface area contributed by atoms with E-state index in [2.05, 4.69) is 27.5 Å². The fraction of sp³-hybridized carbons (Fsp3) is 0.489. The highest BCUT2D eigenvalue weighted by molar-refractivity contribution is 5.93. The maximum absolute atomic E-state index is 17.1. The van der Waals surface area contributed by atoms with Gasteiger partial charge in [-0.1, -0.05) is 53.2 Å². The number of benzene rings is 2. The number of unbranched alkanes of at least 4 members (excludes halogenated alkanes) is 1. The molecule has 3 aliphatic rings. The first kappa shape index (κ1) is 44.2. The van der Waals surface area contributed by atoms with Crippen LogP contribution in [0.1, 0.15) is 110 Å². The van der Waals surface area contributed by atoms with Crippen molar-refractivity contribution < 1.29 is 37.8 Å². The number of rotatable bonds is 13. The van der Waals surface area contributed by atoms with Crippen LogP contribution in [0.3, 0.4) is 0 Å². The van der Waals surface area contributed by atoms with Crippen molar-refractivity contribution in [2.45, 2.75) is 110 Å². The number of alkyl carbamates (subject to hydrolysis) is 2. The van der Waals surface area contributed by atoms with Gasteiger partial charge in [-0.15, -0.1) is 0 Å². The minimum atomic E-state index is -0.747. The number of methoxy groups -OCH3 is 2. The maximum atomic E-state index is 17.1. The molecule has 0 bridgehead atoms. The molecule has 16 nitrogen and oxygen atoms in total. The van der Waals surface area contributed by atoms with Gasteiger partial charge in [-0.3, -0.25) is 9.59 Å². The Morgan fingerprint density at radius 1 is 0.812 bits per heavy atom. The maximum Gasteiger partial charge on any atom is 0.407 e. The fourth-order valence-corrected chi connectivity index (χ4v) is 9.43. The monoisotopic (exact) mass is 879 g/mol. The number of H-pyrrole nitrogens is 2. The van der Waals surface area contributed by atoms with Gasteiger partial charge in [0.05, 0.1) is 61.3 Å². The number of imidazole rings is 2. The molecule has 0 saturated carbocycles. The topological polar surface area (TPSA) is 189 Å². The molecular formula is C47H58FN9O7. The van der Waals surface area contributed by atoms with Gasteiger partial charge >= 0.3 is 12.2 Å². The molecule has 2 aromatic carbocycles. The molecular weight excluding hydrogens is 822 g/mol. The minimum absolute atomic E-state index is 0.150. The number of hydrogen-bond acceptors (Lipinski definition) is 9. The second kappa shape index (κ2) is 18.4. The van der Waals surface area contributed by atoms with Gasteiger partial charge in [0.2, 0.25) is 11.8 Å². The molecule has 64 heavy (non-hydrogen) atoms. The van der Waals surface area contributed by atoms with Gasteiger partial charge in [-0.25, -0.2) is 23.9 Å². The first-order chi connectivity index (χ1) is 30.8. The predicted octanol–water partition coefficient (Wildman–Crippen LogP) is 8.40. The largest absolute Gasteiger partial charge is 0.469 e. The summed E-state index contributed by atoms with van der Waals surface area (Å²) in [6.07, 6.45) is 7.20. The van der Waals surface area contributed by atoms with Crippen LogP contribution in [-0.2, 0) is 19.1 Å². The lowest BCUT2D eigenvalue weighted by Gasteiger charge is -2.30. The molecule has 5 atom stereocenters. The van der Waals surface area contributed by atoms with E-state index < -0.39 is 30.5 Å². The number of nitrogens with zero attached hydrogens (tertiary/aromatic N) is 5. The number of likely N-dealkylation sites (tertiary alicyclic amines) is 2. The van der Waals surface area contributed by atoms with E-state index in [-0.39, 0.29) is 41.6 Å². The number of carbonyl (C=O) groups is 4. The average Bonchev–Trinajstić information content (AvgIpc) is 4.16. The van der Waals surface area contributed by atoms with E-state index >= 15 is 4.39 Å². The zero-order valence-electron chi connectivity index (χ0n) is 37.5. The molecule has 340 valence electrons. The van der Waals surface area contributed by atoms with Gasteiger partial charge in [0.15, 0.2) is 12.0 Å². The van der Waals surface area contributed by atoms with Crippen LogP contribution in [-0.4, -0.2) is 97.7 Å². The Morgan fingerprint density at radius 3 is 1.86 bits per heavy atom. The van der Waals surface area contributed by atoms with Crippen LogP contribution in [0.15, 0.2) is 48.8 Å². The molecule has 4 N–H and O–H groups in total. The molecule has 8 rings (SSSR count). The lowest BCUT2D eigenvalue weighted by Crippen LogP contribution is -2.51. The molecule has 17 heteroatoms. The smallest absolute Gasteiger partial charge is 0.407 e. The van der Waals surface area contributed by atoms with Crippen molar-refractivity contribution in [3.8, 4) is 39.5 Å². The summed E-state index contributed by atoms with van der Waals surface area (Å²) in [5.74, 6) is 0.803. The summed E-state index contributed by atoms with van der Waals surface area (Å²) >= 11 is 0. The zero-order chi connectivity index (χ0) is 45.4. The lowest BCUT2D eigenvalue weighted by molar-refractivity contribution is -0.136. The quantitative estimate of drug-likeness (QED) is 0.0901. The highest BCUT2D eigenvalue weighted by Crippen LogP contribution is 2.47. The van der Waals surface area contributed by atoms with Crippen molar-refractivity contribution in [1.82, 2.24) is 44.9 Å². The molecule has 3 aliphatic heterocycles. The summed E-state index contributed by atoms with van der Waals surface area (Å²) in [6.45, 7) is 10.7. The number of ether oxygens (including phenoxy) is 3. The third-order valence-corrected chi connectivity index (χ3v) is 12.8. The Labute approximate surface area is 371 Å². The molecule has 0 spiro atoms. The summed E-state index contributed by atoms with van der Waals surface area (Å²) in [5, 5.41) is 5.83. The second-order valence-electron chi connectivity index (χ2n) is 17.6. The van der Waals surface area contributed by atoms with Gasteiger partial charge in [0.1, 0.15) is 29.5 Å². The van der Waals surface area contributed by atoms with E-state index in [1.54, 1.807) is 22.2 Å². The molecule has 6 heterocycles. The number of hydrogen-bond donors (Lipinski definition) is 4. The van der Waals surface area contributed by atoms with Crippen molar-refractivity contribution in [2.75, 3.05) is 27.3 Å². The first-order valence-electron chi connectivity index (χ1n) is 22.4. The van der Waals surface area contributed by atoms with Crippen LogP contribution in [0.5, 0.6) is 5.75 Å². The van der Waals surface area contributed by atoms with E-state index in [1.165, 1.54) is 14.2 Å². The zero-order valence-corrected chi connectivity index (χ0v) is 37.5. The third-order valence-electron chi connectivity index (χ3n) is 12.8. The molecule has 2 fully saturated rings. The van der Waals surface area contributed by atoms with Crippen LogP contribution in [0.4, 0.5) is 14.0 Å². The van der Waals surface area contributed by atoms with Crippen molar-refractivity contribution in [2.24, 2.45) is 11.8 Å². The molecule has 0 radical (unpaired) electrons.